The van der Waals surface area contributed by atoms with Gasteiger partial charge in [0.2, 0.25) is 5.91 Å². The minimum Gasteiger partial charge on any atom is -0.393 e. The van der Waals surface area contributed by atoms with E-state index in [2.05, 4.69) is 4.90 Å². The monoisotopic (exact) mass is 268 g/mol. The molecule has 1 saturated carbocycles. The average Bonchev–Trinajstić information content (AvgIpc) is 3.17. The highest BCUT2D eigenvalue weighted by Gasteiger charge is 2.31. The van der Waals surface area contributed by atoms with Gasteiger partial charge in [-0.2, -0.15) is 0 Å². The third kappa shape index (κ3) is 4.46. The van der Waals surface area contributed by atoms with E-state index in [1.54, 1.807) is 0 Å². The molecule has 1 aliphatic carbocycles. The van der Waals surface area contributed by atoms with E-state index in [9.17, 15) is 9.90 Å². The molecule has 4 nitrogen and oxygen atoms in total. The van der Waals surface area contributed by atoms with Crippen LogP contribution >= 0.6 is 0 Å². The van der Waals surface area contributed by atoms with E-state index in [1.807, 2.05) is 18.9 Å². The Labute approximate surface area is 116 Å². The SMILES string of the molecule is CC(O)CC1CCCCCN1CC(=O)N(C)C1CC1. The highest BCUT2D eigenvalue weighted by atomic mass is 16.3. The van der Waals surface area contributed by atoms with Crippen molar-refractivity contribution >= 4 is 5.91 Å². The van der Waals surface area contributed by atoms with Gasteiger partial charge in [-0.25, -0.2) is 0 Å². The number of aliphatic hydroxyl groups excluding tert-OH is 1. The molecule has 1 amide bonds. The number of likely N-dealkylation sites (tertiary alicyclic amines) is 1. The van der Waals surface area contributed by atoms with Crippen LogP contribution in [-0.2, 0) is 4.79 Å². The third-order valence-corrected chi connectivity index (χ3v) is 4.44. The molecule has 4 heteroatoms. The van der Waals surface area contributed by atoms with E-state index < -0.39 is 0 Å². The number of hydrogen-bond donors (Lipinski definition) is 1. The lowest BCUT2D eigenvalue weighted by atomic mass is 10.0. The Bertz CT molecular complexity index is 303. The summed E-state index contributed by atoms with van der Waals surface area (Å²) in [6.45, 7) is 3.38. The van der Waals surface area contributed by atoms with Crippen LogP contribution in [0.2, 0.25) is 0 Å². The van der Waals surface area contributed by atoms with Gasteiger partial charge in [-0.1, -0.05) is 12.8 Å². The van der Waals surface area contributed by atoms with Crippen LogP contribution in [0.5, 0.6) is 0 Å². The Morgan fingerprint density at radius 1 is 1.32 bits per heavy atom. The van der Waals surface area contributed by atoms with Crippen LogP contribution in [0.1, 0.15) is 51.9 Å². The van der Waals surface area contributed by atoms with Crippen molar-refractivity contribution in [1.82, 2.24) is 9.80 Å². The summed E-state index contributed by atoms with van der Waals surface area (Å²) in [5.41, 5.74) is 0. The molecule has 1 heterocycles. The van der Waals surface area contributed by atoms with Gasteiger partial charge in [0.25, 0.3) is 0 Å². The molecule has 0 spiro atoms. The molecule has 2 aliphatic rings. The van der Waals surface area contributed by atoms with Crippen molar-refractivity contribution in [3.05, 3.63) is 0 Å². The number of aliphatic hydroxyl groups is 1. The van der Waals surface area contributed by atoms with E-state index in [1.165, 1.54) is 32.1 Å². The van der Waals surface area contributed by atoms with Gasteiger partial charge in [-0.15, -0.1) is 0 Å². The summed E-state index contributed by atoms with van der Waals surface area (Å²) in [6, 6.07) is 0.869. The van der Waals surface area contributed by atoms with Crippen LogP contribution in [0.3, 0.4) is 0 Å². The maximum absolute atomic E-state index is 12.3. The summed E-state index contributed by atoms with van der Waals surface area (Å²) in [6.07, 6.45) is 7.61. The molecule has 1 aliphatic heterocycles. The topological polar surface area (TPSA) is 43.8 Å². The standard InChI is InChI=1S/C15H28N2O2/c1-12(18)10-14-6-4-3-5-9-17(14)11-15(19)16(2)13-7-8-13/h12-14,18H,3-11H2,1-2H3. The number of amides is 1. The fourth-order valence-corrected chi connectivity index (χ4v) is 3.06. The van der Waals surface area contributed by atoms with Gasteiger partial charge in [0.05, 0.1) is 12.6 Å². The van der Waals surface area contributed by atoms with Crippen LogP contribution in [0.25, 0.3) is 0 Å². The first kappa shape index (κ1) is 14.8. The molecule has 2 atom stereocenters. The van der Waals surface area contributed by atoms with Crippen molar-refractivity contribution in [3.63, 3.8) is 0 Å². The van der Waals surface area contributed by atoms with E-state index >= 15 is 0 Å². The number of carbonyl (C=O) groups excluding carboxylic acids is 1. The Morgan fingerprint density at radius 2 is 2.05 bits per heavy atom. The maximum Gasteiger partial charge on any atom is 0.236 e. The highest BCUT2D eigenvalue weighted by molar-refractivity contribution is 5.78. The van der Waals surface area contributed by atoms with Gasteiger partial charge >= 0.3 is 0 Å². The summed E-state index contributed by atoms with van der Waals surface area (Å²) >= 11 is 0. The minimum atomic E-state index is -0.276. The highest BCUT2D eigenvalue weighted by Crippen LogP contribution is 2.26. The third-order valence-electron chi connectivity index (χ3n) is 4.44. The second-order valence-corrected chi connectivity index (χ2v) is 6.29. The van der Waals surface area contributed by atoms with Crippen molar-refractivity contribution in [2.24, 2.45) is 0 Å². The molecule has 2 rings (SSSR count). The molecule has 0 aromatic carbocycles. The van der Waals surface area contributed by atoms with E-state index in [0.717, 1.165) is 19.4 Å². The van der Waals surface area contributed by atoms with Crippen molar-refractivity contribution in [2.75, 3.05) is 20.1 Å². The molecule has 2 unspecified atom stereocenters. The minimum absolute atomic E-state index is 0.250. The predicted octanol–water partition coefficient (Wildman–Crippen LogP) is 1.62. The molecule has 1 N–H and O–H groups in total. The average molecular weight is 268 g/mol. The summed E-state index contributed by atoms with van der Waals surface area (Å²) < 4.78 is 0. The molecule has 0 aromatic heterocycles. The lowest BCUT2D eigenvalue weighted by Gasteiger charge is -2.31. The molecule has 19 heavy (non-hydrogen) atoms. The van der Waals surface area contributed by atoms with E-state index in [4.69, 9.17) is 0 Å². The largest absolute Gasteiger partial charge is 0.393 e. The van der Waals surface area contributed by atoms with Crippen molar-refractivity contribution in [1.29, 1.82) is 0 Å². The summed E-state index contributed by atoms with van der Waals surface area (Å²) in [4.78, 5) is 16.5. The second kappa shape index (κ2) is 6.71. The number of rotatable bonds is 5. The summed E-state index contributed by atoms with van der Waals surface area (Å²) in [5.74, 6) is 0.250. The smallest absolute Gasteiger partial charge is 0.236 e. The van der Waals surface area contributed by atoms with Gasteiger partial charge in [0.1, 0.15) is 0 Å². The predicted molar refractivity (Wildman–Crippen MR) is 75.9 cm³/mol. The zero-order chi connectivity index (χ0) is 13.8. The zero-order valence-electron chi connectivity index (χ0n) is 12.3. The van der Waals surface area contributed by atoms with E-state index in [-0.39, 0.29) is 12.0 Å². The quantitative estimate of drug-likeness (QED) is 0.824. The molecule has 110 valence electrons. The normalized spacial score (nSPS) is 26.8. The van der Waals surface area contributed by atoms with Gasteiger partial charge in [0, 0.05) is 19.1 Å². The first-order chi connectivity index (χ1) is 9.08. The number of carbonyl (C=O) groups is 1. The molecule has 1 saturated heterocycles. The Morgan fingerprint density at radius 3 is 2.68 bits per heavy atom. The lowest BCUT2D eigenvalue weighted by Crippen LogP contribution is -2.44. The maximum atomic E-state index is 12.3. The first-order valence-electron chi connectivity index (χ1n) is 7.75. The molecule has 2 fully saturated rings. The van der Waals surface area contributed by atoms with Crippen LogP contribution in [0, 0.1) is 0 Å². The number of likely N-dealkylation sites (N-methyl/N-ethyl adjacent to an activating group) is 1. The Kier molecular flexibility index (Phi) is 5.22. The zero-order valence-corrected chi connectivity index (χ0v) is 12.3. The number of nitrogens with zero attached hydrogens (tertiary/aromatic N) is 2. The van der Waals surface area contributed by atoms with E-state index in [0.29, 0.717) is 18.6 Å². The molecule has 0 radical (unpaired) electrons. The Hall–Kier alpha value is -0.610. The number of hydrogen-bond acceptors (Lipinski definition) is 3. The van der Waals surface area contributed by atoms with Crippen molar-refractivity contribution in [2.45, 2.75) is 70.1 Å². The fraction of sp³-hybridized carbons (Fsp3) is 0.933. The van der Waals surface area contributed by atoms with Crippen LogP contribution < -0.4 is 0 Å². The van der Waals surface area contributed by atoms with Gasteiger partial charge in [-0.3, -0.25) is 9.69 Å². The molecular formula is C15H28N2O2. The molecule has 0 aromatic rings. The van der Waals surface area contributed by atoms with Gasteiger partial charge in [-0.05, 0) is 45.6 Å². The van der Waals surface area contributed by atoms with Crippen LogP contribution in [0.15, 0.2) is 0 Å². The fourth-order valence-electron chi connectivity index (χ4n) is 3.06. The second-order valence-electron chi connectivity index (χ2n) is 6.29. The first-order valence-corrected chi connectivity index (χ1v) is 7.75. The van der Waals surface area contributed by atoms with Crippen molar-refractivity contribution < 1.29 is 9.90 Å². The summed E-state index contributed by atoms with van der Waals surface area (Å²) in [7, 11) is 1.93. The van der Waals surface area contributed by atoms with Gasteiger partial charge < -0.3 is 10.0 Å². The lowest BCUT2D eigenvalue weighted by molar-refractivity contribution is -0.132. The Balaban J connectivity index is 1.90. The molecular weight excluding hydrogens is 240 g/mol. The van der Waals surface area contributed by atoms with Crippen LogP contribution in [-0.4, -0.2) is 59.1 Å². The van der Waals surface area contributed by atoms with Gasteiger partial charge in [0.15, 0.2) is 0 Å². The molecule has 0 bridgehead atoms. The van der Waals surface area contributed by atoms with Crippen molar-refractivity contribution in [3.8, 4) is 0 Å². The summed E-state index contributed by atoms with van der Waals surface area (Å²) in [5, 5.41) is 9.63. The van der Waals surface area contributed by atoms with Crippen LogP contribution in [0.4, 0.5) is 0 Å².